The molecule has 2 saturated carbocycles. The van der Waals surface area contributed by atoms with E-state index in [0.29, 0.717) is 25.7 Å². The van der Waals surface area contributed by atoms with Crippen LogP contribution in [0, 0.1) is 31.1 Å². The summed E-state index contributed by atoms with van der Waals surface area (Å²) in [5, 5.41) is 21.5. The minimum atomic E-state index is -4.17. The van der Waals surface area contributed by atoms with Crippen molar-refractivity contribution in [3.05, 3.63) is 59.2 Å². The van der Waals surface area contributed by atoms with Gasteiger partial charge in [-0.25, -0.2) is 0 Å². The van der Waals surface area contributed by atoms with Crippen LogP contribution in [0.2, 0.25) is 0 Å². The maximum atomic E-state index is 13.3. The Morgan fingerprint density at radius 1 is 1.14 bits per heavy atom. The number of carbonyl (C=O) groups excluding carboxylic acids is 2. The monoisotopic (exact) mass is 514 g/mol. The van der Waals surface area contributed by atoms with Gasteiger partial charge in [0.15, 0.2) is 5.78 Å². The SMILES string of the molecule is Cc1ccc(S(=O)(=O)OCC(=O)[C@@]2(O)CCC3C(CCc4cc(O)ccc4C)CC(=O)CC32C)cc1. The molecule has 0 amide bonds. The zero-order chi connectivity index (χ0) is 26.3. The Kier molecular flexibility index (Phi) is 7.16. The first kappa shape index (κ1) is 26.5. The minimum Gasteiger partial charge on any atom is -0.508 e. The van der Waals surface area contributed by atoms with Crippen LogP contribution in [0.3, 0.4) is 0 Å². The summed E-state index contributed by atoms with van der Waals surface area (Å²) in [6.07, 6.45) is 2.57. The fourth-order valence-corrected chi connectivity index (χ4v) is 7.15. The van der Waals surface area contributed by atoms with Crippen molar-refractivity contribution < 1.29 is 32.4 Å². The number of aromatic hydroxyl groups is 1. The van der Waals surface area contributed by atoms with Gasteiger partial charge in [-0.05, 0) is 86.8 Å². The molecule has 4 atom stereocenters. The summed E-state index contributed by atoms with van der Waals surface area (Å²) in [5.41, 5.74) is 0.126. The number of phenolic OH excluding ortho intramolecular Hbond substituents is 1. The topological polar surface area (TPSA) is 118 Å². The standard InChI is InChI=1S/C28H34O7S/c1-18-4-10-24(11-5-18)36(33,34)35-17-26(31)28(32)13-12-25-21(15-23(30)16-27(25,28)3)8-7-20-14-22(29)9-6-19(20)2/h4-6,9-11,14,21,25,29,32H,7-8,12-13,15-17H2,1-3H3/t21?,25?,27?,28-/m0/s1. The summed E-state index contributed by atoms with van der Waals surface area (Å²) in [6.45, 7) is 4.80. The average Bonchev–Trinajstić information content (AvgIpc) is 3.09. The third-order valence-electron chi connectivity index (χ3n) is 8.44. The van der Waals surface area contributed by atoms with Crippen LogP contribution in [0.5, 0.6) is 5.75 Å². The normalized spacial score (nSPS) is 28.2. The molecule has 2 aliphatic carbocycles. The number of aryl methyl sites for hydroxylation is 3. The highest BCUT2D eigenvalue weighted by Crippen LogP contribution is 2.59. The first-order valence-electron chi connectivity index (χ1n) is 12.4. The molecule has 2 N–H and O–H groups in total. The van der Waals surface area contributed by atoms with E-state index in [-0.39, 0.29) is 41.1 Å². The molecule has 4 rings (SSSR count). The predicted molar refractivity (Wildman–Crippen MR) is 134 cm³/mol. The van der Waals surface area contributed by atoms with Crippen molar-refractivity contribution in [1.29, 1.82) is 0 Å². The lowest BCUT2D eigenvalue weighted by Crippen LogP contribution is -2.56. The third-order valence-corrected chi connectivity index (χ3v) is 9.71. The van der Waals surface area contributed by atoms with E-state index in [2.05, 4.69) is 0 Å². The molecule has 2 aromatic rings. The van der Waals surface area contributed by atoms with Gasteiger partial charge in [-0.3, -0.25) is 13.8 Å². The van der Waals surface area contributed by atoms with Crippen molar-refractivity contribution in [3.8, 4) is 5.75 Å². The molecule has 8 heteroatoms. The molecule has 0 bridgehead atoms. The summed E-state index contributed by atoms with van der Waals surface area (Å²) < 4.78 is 30.2. The van der Waals surface area contributed by atoms with E-state index >= 15 is 0 Å². The van der Waals surface area contributed by atoms with E-state index in [1.165, 1.54) is 12.1 Å². The largest absolute Gasteiger partial charge is 0.508 e. The maximum absolute atomic E-state index is 13.3. The maximum Gasteiger partial charge on any atom is 0.297 e. The lowest BCUT2D eigenvalue weighted by Gasteiger charge is -2.47. The average molecular weight is 515 g/mol. The fraction of sp³-hybridized carbons (Fsp3) is 0.500. The van der Waals surface area contributed by atoms with Gasteiger partial charge in [-0.1, -0.05) is 30.7 Å². The van der Waals surface area contributed by atoms with Crippen LogP contribution >= 0.6 is 0 Å². The van der Waals surface area contributed by atoms with Crippen LogP contribution in [-0.2, 0) is 30.3 Å². The van der Waals surface area contributed by atoms with Crippen molar-refractivity contribution >= 4 is 21.7 Å². The van der Waals surface area contributed by atoms with Gasteiger partial charge in [-0.2, -0.15) is 8.42 Å². The molecule has 0 radical (unpaired) electrons. The second kappa shape index (κ2) is 9.72. The number of hydrogen-bond donors (Lipinski definition) is 2. The van der Waals surface area contributed by atoms with Crippen molar-refractivity contribution in [3.63, 3.8) is 0 Å². The molecule has 0 aromatic heterocycles. The highest BCUT2D eigenvalue weighted by molar-refractivity contribution is 7.86. The van der Waals surface area contributed by atoms with Gasteiger partial charge in [0.05, 0.1) is 4.90 Å². The fourth-order valence-electron chi connectivity index (χ4n) is 6.28. The zero-order valence-corrected chi connectivity index (χ0v) is 21.8. The van der Waals surface area contributed by atoms with Crippen molar-refractivity contribution in [1.82, 2.24) is 0 Å². The molecule has 7 nitrogen and oxygen atoms in total. The van der Waals surface area contributed by atoms with E-state index in [4.69, 9.17) is 4.18 Å². The number of benzene rings is 2. The van der Waals surface area contributed by atoms with Gasteiger partial charge >= 0.3 is 0 Å². The Morgan fingerprint density at radius 3 is 2.53 bits per heavy atom. The summed E-state index contributed by atoms with van der Waals surface area (Å²) in [6, 6.07) is 11.3. The molecule has 3 unspecified atom stereocenters. The number of phenols is 1. The van der Waals surface area contributed by atoms with Gasteiger partial charge in [0, 0.05) is 18.3 Å². The molecule has 194 valence electrons. The van der Waals surface area contributed by atoms with E-state index in [0.717, 1.165) is 16.7 Å². The van der Waals surface area contributed by atoms with Crippen molar-refractivity contribution in [2.75, 3.05) is 6.61 Å². The quantitative estimate of drug-likeness (QED) is 0.511. The summed E-state index contributed by atoms with van der Waals surface area (Å²) >= 11 is 0. The van der Waals surface area contributed by atoms with Gasteiger partial charge < -0.3 is 10.2 Å². The van der Waals surface area contributed by atoms with Crippen LogP contribution in [0.25, 0.3) is 0 Å². The molecular formula is C28H34O7S. The Balaban J connectivity index is 1.49. The Labute approximate surface area is 212 Å². The molecule has 2 aliphatic rings. The highest BCUT2D eigenvalue weighted by atomic mass is 32.2. The van der Waals surface area contributed by atoms with Crippen LogP contribution in [-0.4, -0.2) is 42.4 Å². The van der Waals surface area contributed by atoms with E-state index in [9.17, 15) is 28.2 Å². The van der Waals surface area contributed by atoms with Crippen LogP contribution in [0.4, 0.5) is 0 Å². The molecule has 0 spiro atoms. The number of ketones is 2. The van der Waals surface area contributed by atoms with Gasteiger partial charge in [0.2, 0.25) is 0 Å². The summed E-state index contributed by atoms with van der Waals surface area (Å²) in [4.78, 5) is 26.0. The molecule has 36 heavy (non-hydrogen) atoms. The number of aliphatic hydroxyl groups is 1. The third kappa shape index (κ3) is 4.86. The van der Waals surface area contributed by atoms with Crippen LogP contribution in [0.15, 0.2) is 47.4 Å². The molecule has 0 aliphatic heterocycles. The van der Waals surface area contributed by atoms with Crippen molar-refractivity contribution in [2.24, 2.45) is 17.3 Å². The van der Waals surface area contributed by atoms with E-state index < -0.39 is 33.5 Å². The number of hydrogen-bond acceptors (Lipinski definition) is 7. The number of fused-ring (bicyclic) bond motifs is 1. The van der Waals surface area contributed by atoms with E-state index in [1.54, 1.807) is 31.2 Å². The van der Waals surface area contributed by atoms with E-state index in [1.807, 2.05) is 19.9 Å². The highest BCUT2D eigenvalue weighted by Gasteiger charge is 2.64. The zero-order valence-electron chi connectivity index (χ0n) is 21.0. The van der Waals surface area contributed by atoms with Crippen molar-refractivity contribution in [2.45, 2.75) is 69.8 Å². The molecule has 0 saturated heterocycles. The second-order valence-corrected chi connectivity index (χ2v) is 12.3. The number of carbonyl (C=O) groups is 2. The van der Waals surface area contributed by atoms with Gasteiger partial charge in [0.1, 0.15) is 23.7 Å². The number of Topliss-reactive ketones (excluding diaryl/α,β-unsaturated/α-hetero) is 2. The smallest absolute Gasteiger partial charge is 0.297 e. The Hall–Kier alpha value is -2.55. The summed E-state index contributed by atoms with van der Waals surface area (Å²) in [7, 11) is -4.17. The lowest BCUT2D eigenvalue weighted by atomic mass is 9.58. The molecule has 2 fully saturated rings. The van der Waals surface area contributed by atoms with Crippen LogP contribution in [0.1, 0.15) is 55.7 Å². The minimum absolute atomic E-state index is 0.00676. The Bertz CT molecular complexity index is 1270. The van der Waals surface area contributed by atoms with Crippen LogP contribution < -0.4 is 0 Å². The molecule has 2 aromatic carbocycles. The first-order valence-corrected chi connectivity index (χ1v) is 13.8. The first-order chi connectivity index (χ1) is 16.9. The number of rotatable bonds is 8. The second-order valence-electron chi connectivity index (χ2n) is 10.7. The predicted octanol–water partition coefficient (Wildman–Crippen LogP) is 4.04. The summed E-state index contributed by atoms with van der Waals surface area (Å²) in [5.74, 6) is -0.595. The lowest BCUT2D eigenvalue weighted by molar-refractivity contribution is -0.161. The molecule has 0 heterocycles. The Morgan fingerprint density at radius 2 is 1.83 bits per heavy atom. The molecular weight excluding hydrogens is 480 g/mol. The van der Waals surface area contributed by atoms with Gasteiger partial charge in [0.25, 0.3) is 10.1 Å². The van der Waals surface area contributed by atoms with Gasteiger partial charge in [-0.15, -0.1) is 0 Å².